The average molecular weight is 325 g/mol. The van der Waals surface area contributed by atoms with Crippen LogP contribution in [0.5, 0.6) is 0 Å². The van der Waals surface area contributed by atoms with Crippen molar-refractivity contribution in [2.75, 3.05) is 0 Å². The highest BCUT2D eigenvalue weighted by molar-refractivity contribution is 9.10. The molecule has 0 saturated carbocycles. The Kier molecular flexibility index (Phi) is 7.13. The van der Waals surface area contributed by atoms with Crippen LogP contribution >= 0.6 is 15.9 Å². The highest BCUT2D eigenvalue weighted by atomic mass is 79.9. The summed E-state index contributed by atoms with van der Waals surface area (Å²) in [6.45, 7) is 9.49. The number of unbranched alkanes of at least 4 members (excludes halogenated alkanes) is 2. The molecule has 1 heteroatoms. The molecular formula is C18H29Br. The minimum atomic E-state index is 0.444. The first-order chi connectivity index (χ1) is 9.03. The summed E-state index contributed by atoms with van der Waals surface area (Å²) in [5.74, 6) is 0.638. The van der Waals surface area contributed by atoms with Gasteiger partial charge in [-0.3, -0.25) is 0 Å². The minimum Gasteiger partial charge on any atom is -0.0654 e. The molecule has 0 unspecified atom stereocenters. The predicted octanol–water partition coefficient (Wildman–Crippen LogP) is 6.94. The van der Waals surface area contributed by atoms with Gasteiger partial charge in [-0.2, -0.15) is 0 Å². The van der Waals surface area contributed by atoms with E-state index in [0.717, 1.165) is 0 Å². The molecule has 0 amide bonds. The summed E-state index contributed by atoms with van der Waals surface area (Å²) in [5, 5.41) is 0. The van der Waals surface area contributed by atoms with E-state index in [-0.39, 0.29) is 0 Å². The lowest BCUT2D eigenvalue weighted by Gasteiger charge is -2.36. The Balaban J connectivity index is 2.85. The van der Waals surface area contributed by atoms with E-state index in [0.29, 0.717) is 11.3 Å². The van der Waals surface area contributed by atoms with E-state index in [1.165, 1.54) is 48.6 Å². The molecule has 0 aromatic heterocycles. The molecule has 0 aliphatic rings. The zero-order valence-corrected chi connectivity index (χ0v) is 14.6. The Morgan fingerprint density at radius 1 is 1.00 bits per heavy atom. The third-order valence-corrected chi connectivity index (χ3v) is 5.15. The Labute approximate surface area is 128 Å². The molecule has 0 nitrogen and oxygen atoms in total. The second-order valence-electron chi connectivity index (χ2n) is 6.13. The molecule has 0 aliphatic heterocycles. The lowest BCUT2D eigenvalue weighted by molar-refractivity contribution is 0.209. The molecule has 0 heterocycles. The van der Waals surface area contributed by atoms with Crippen molar-refractivity contribution < 1.29 is 0 Å². The maximum Gasteiger partial charge on any atom is 0.0175 e. The van der Waals surface area contributed by atoms with E-state index in [4.69, 9.17) is 0 Å². The Bertz CT molecular complexity index is 344. The lowest BCUT2D eigenvalue weighted by Crippen LogP contribution is -2.24. The molecule has 19 heavy (non-hydrogen) atoms. The van der Waals surface area contributed by atoms with Crippen molar-refractivity contribution in [2.24, 2.45) is 5.41 Å². The van der Waals surface area contributed by atoms with Crippen molar-refractivity contribution in [3.63, 3.8) is 0 Å². The molecule has 108 valence electrons. The van der Waals surface area contributed by atoms with Gasteiger partial charge in [-0.15, -0.1) is 0 Å². The first-order valence-corrected chi connectivity index (χ1v) is 8.58. The van der Waals surface area contributed by atoms with Crippen LogP contribution in [0.1, 0.15) is 77.7 Å². The maximum atomic E-state index is 3.53. The third-order valence-electron chi connectivity index (χ3n) is 4.62. The molecule has 0 N–H and O–H groups in total. The second kappa shape index (κ2) is 8.09. The average Bonchev–Trinajstić information content (AvgIpc) is 2.43. The summed E-state index contributed by atoms with van der Waals surface area (Å²) < 4.78 is 1.17. The summed E-state index contributed by atoms with van der Waals surface area (Å²) >= 11 is 3.53. The maximum absolute atomic E-state index is 3.53. The minimum absolute atomic E-state index is 0.444. The highest BCUT2D eigenvalue weighted by Crippen LogP contribution is 2.44. The summed E-state index contributed by atoms with van der Waals surface area (Å²) in [4.78, 5) is 0. The number of hydrogen-bond acceptors (Lipinski definition) is 0. The van der Waals surface area contributed by atoms with Gasteiger partial charge in [-0.25, -0.2) is 0 Å². The van der Waals surface area contributed by atoms with Gasteiger partial charge in [-0.05, 0) is 41.9 Å². The van der Waals surface area contributed by atoms with Crippen LogP contribution in [0.2, 0.25) is 0 Å². The molecule has 1 atom stereocenters. The van der Waals surface area contributed by atoms with E-state index >= 15 is 0 Å². The SMILES string of the molecule is CCCCC(C)(CCCC)[C@H](C)c1ccc(Br)cc1. The summed E-state index contributed by atoms with van der Waals surface area (Å²) in [6.07, 6.45) is 7.99. The second-order valence-corrected chi connectivity index (χ2v) is 7.05. The van der Waals surface area contributed by atoms with Crippen LogP contribution in [0.25, 0.3) is 0 Å². The van der Waals surface area contributed by atoms with Crippen molar-refractivity contribution in [3.8, 4) is 0 Å². The zero-order valence-electron chi connectivity index (χ0n) is 13.0. The van der Waals surface area contributed by atoms with Crippen molar-refractivity contribution >= 4 is 15.9 Å². The monoisotopic (exact) mass is 324 g/mol. The Hall–Kier alpha value is -0.300. The zero-order chi connectivity index (χ0) is 14.3. The molecule has 0 spiro atoms. The molecule has 0 aliphatic carbocycles. The van der Waals surface area contributed by atoms with Gasteiger partial charge in [0.25, 0.3) is 0 Å². The molecule has 0 saturated heterocycles. The van der Waals surface area contributed by atoms with E-state index < -0.39 is 0 Å². The molecule has 1 rings (SSSR count). The van der Waals surface area contributed by atoms with Gasteiger partial charge in [0, 0.05) is 4.47 Å². The summed E-state index contributed by atoms with van der Waals surface area (Å²) in [7, 11) is 0. The van der Waals surface area contributed by atoms with E-state index in [1.807, 2.05) is 0 Å². The standard InChI is InChI=1S/C18H29Br/c1-5-7-13-18(4,14-8-6-2)15(3)16-9-11-17(19)12-10-16/h9-12,15H,5-8,13-14H2,1-4H3/t15-/m1/s1. The number of hydrogen-bond donors (Lipinski definition) is 0. The van der Waals surface area contributed by atoms with E-state index in [1.54, 1.807) is 0 Å². The van der Waals surface area contributed by atoms with Gasteiger partial charge >= 0.3 is 0 Å². The topological polar surface area (TPSA) is 0 Å². The van der Waals surface area contributed by atoms with Gasteiger partial charge in [-0.1, -0.05) is 81.4 Å². The summed E-state index contributed by atoms with van der Waals surface area (Å²) in [5.41, 5.74) is 1.93. The fourth-order valence-electron chi connectivity index (χ4n) is 2.87. The van der Waals surface area contributed by atoms with Gasteiger partial charge in [0.05, 0.1) is 0 Å². The highest BCUT2D eigenvalue weighted by Gasteiger charge is 2.30. The van der Waals surface area contributed by atoms with Crippen LogP contribution in [-0.2, 0) is 0 Å². The van der Waals surface area contributed by atoms with Crippen molar-refractivity contribution in [3.05, 3.63) is 34.3 Å². The van der Waals surface area contributed by atoms with Crippen LogP contribution in [-0.4, -0.2) is 0 Å². The number of benzene rings is 1. The molecule has 1 aromatic carbocycles. The fraction of sp³-hybridized carbons (Fsp3) is 0.667. The van der Waals surface area contributed by atoms with Crippen LogP contribution in [0, 0.1) is 5.41 Å². The van der Waals surface area contributed by atoms with Crippen molar-refractivity contribution in [2.45, 2.75) is 72.1 Å². The van der Waals surface area contributed by atoms with Crippen LogP contribution in [0.15, 0.2) is 28.7 Å². The third kappa shape index (κ3) is 4.95. The molecular weight excluding hydrogens is 296 g/mol. The van der Waals surface area contributed by atoms with Gasteiger partial charge < -0.3 is 0 Å². The molecule has 0 fully saturated rings. The van der Waals surface area contributed by atoms with Crippen LogP contribution < -0.4 is 0 Å². The van der Waals surface area contributed by atoms with Gasteiger partial charge in [0.2, 0.25) is 0 Å². The van der Waals surface area contributed by atoms with Crippen molar-refractivity contribution in [1.82, 2.24) is 0 Å². The van der Waals surface area contributed by atoms with E-state index in [2.05, 4.69) is 67.9 Å². The Morgan fingerprint density at radius 3 is 1.89 bits per heavy atom. The first kappa shape index (κ1) is 16.8. The molecule has 1 aromatic rings. The van der Waals surface area contributed by atoms with E-state index in [9.17, 15) is 0 Å². The van der Waals surface area contributed by atoms with Gasteiger partial charge in [0.1, 0.15) is 0 Å². The number of halogens is 1. The first-order valence-electron chi connectivity index (χ1n) is 7.79. The lowest BCUT2D eigenvalue weighted by atomic mass is 9.68. The smallest absolute Gasteiger partial charge is 0.0175 e. The predicted molar refractivity (Wildman–Crippen MR) is 89.7 cm³/mol. The summed E-state index contributed by atoms with van der Waals surface area (Å²) in [6, 6.07) is 8.91. The quantitative estimate of drug-likeness (QED) is 0.485. The Morgan fingerprint density at radius 2 is 1.47 bits per heavy atom. The fourth-order valence-corrected chi connectivity index (χ4v) is 3.14. The number of rotatable bonds is 8. The van der Waals surface area contributed by atoms with Crippen LogP contribution in [0.4, 0.5) is 0 Å². The molecule has 0 bridgehead atoms. The van der Waals surface area contributed by atoms with Crippen LogP contribution in [0.3, 0.4) is 0 Å². The van der Waals surface area contributed by atoms with Crippen molar-refractivity contribution in [1.29, 1.82) is 0 Å². The normalized spacial score (nSPS) is 13.5. The largest absolute Gasteiger partial charge is 0.0654 e. The van der Waals surface area contributed by atoms with Gasteiger partial charge in [0.15, 0.2) is 0 Å². The molecule has 0 radical (unpaired) electrons.